The Labute approximate surface area is 179 Å². The summed E-state index contributed by atoms with van der Waals surface area (Å²) in [4.78, 5) is 37.9. The van der Waals surface area contributed by atoms with E-state index in [1.54, 1.807) is 0 Å². The fourth-order valence-corrected chi connectivity index (χ4v) is 3.08. The predicted octanol–water partition coefficient (Wildman–Crippen LogP) is 1.33. The number of nitrogens with zero attached hydrogens (tertiary/aromatic N) is 2. The number of hydrogen-bond acceptors (Lipinski definition) is 6. The molecule has 0 saturated carbocycles. The SMILES string of the molecule is CCN(CC(F)(F)F)[C@H](C(N)=O)C(=O)Nc1ccc(N2CCOCC2=O)c(OC(F)F)c1. The van der Waals surface area contributed by atoms with Crippen LogP contribution in [-0.2, 0) is 19.1 Å². The highest BCUT2D eigenvalue weighted by Gasteiger charge is 2.38. The molecule has 1 saturated heterocycles. The lowest BCUT2D eigenvalue weighted by Gasteiger charge is -2.29. The molecule has 178 valence electrons. The maximum Gasteiger partial charge on any atom is 0.401 e. The minimum atomic E-state index is -4.70. The molecule has 0 radical (unpaired) electrons. The normalized spacial score (nSPS) is 15.8. The van der Waals surface area contributed by atoms with Gasteiger partial charge >= 0.3 is 12.8 Å². The summed E-state index contributed by atoms with van der Waals surface area (Å²) in [6, 6.07) is 1.41. The number of carbonyl (C=O) groups is 3. The highest BCUT2D eigenvalue weighted by Crippen LogP contribution is 2.33. The van der Waals surface area contributed by atoms with Crippen molar-refractivity contribution in [3.8, 4) is 5.75 Å². The van der Waals surface area contributed by atoms with E-state index in [9.17, 15) is 36.3 Å². The number of rotatable bonds is 9. The Kier molecular flexibility index (Phi) is 8.32. The van der Waals surface area contributed by atoms with Gasteiger partial charge in [-0.15, -0.1) is 0 Å². The van der Waals surface area contributed by atoms with Gasteiger partial charge in [-0.05, 0) is 18.7 Å². The van der Waals surface area contributed by atoms with Crippen LogP contribution in [0.25, 0.3) is 0 Å². The number of morpholine rings is 1. The molecule has 3 amide bonds. The Balaban J connectivity index is 2.30. The second-order valence-electron chi connectivity index (χ2n) is 6.63. The topological polar surface area (TPSA) is 114 Å². The van der Waals surface area contributed by atoms with Gasteiger partial charge in [0, 0.05) is 18.3 Å². The highest BCUT2D eigenvalue weighted by atomic mass is 19.4. The molecule has 1 atom stereocenters. The first kappa shape index (κ1) is 25.3. The number of halogens is 5. The quantitative estimate of drug-likeness (QED) is 0.418. The Morgan fingerprint density at radius 2 is 2.03 bits per heavy atom. The van der Waals surface area contributed by atoms with Crippen LogP contribution < -0.4 is 20.7 Å². The third-order valence-electron chi connectivity index (χ3n) is 4.39. The number of benzene rings is 1. The van der Waals surface area contributed by atoms with Crippen LogP contribution in [0.3, 0.4) is 0 Å². The third-order valence-corrected chi connectivity index (χ3v) is 4.39. The minimum Gasteiger partial charge on any atom is -0.433 e. The van der Waals surface area contributed by atoms with E-state index in [4.69, 9.17) is 10.5 Å². The van der Waals surface area contributed by atoms with E-state index in [2.05, 4.69) is 10.1 Å². The lowest BCUT2D eigenvalue weighted by Crippen LogP contribution is -2.54. The zero-order valence-corrected chi connectivity index (χ0v) is 16.8. The Morgan fingerprint density at radius 1 is 1.34 bits per heavy atom. The molecule has 0 aliphatic carbocycles. The first-order valence-electron chi connectivity index (χ1n) is 9.31. The Morgan fingerprint density at radius 3 is 2.56 bits per heavy atom. The van der Waals surface area contributed by atoms with Crippen molar-refractivity contribution in [1.29, 1.82) is 0 Å². The van der Waals surface area contributed by atoms with Crippen molar-refractivity contribution in [2.24, 2.45) is 5.73 Å². The predicted molar refractivity (Wildman–Crippen MR) is 101 cm³/mol. The monoisotopic (exact) mass is 468 g/mol. The van der Waals surface area contributed by atoms with Gasteiger partial charge in [-0.25, -0.2) is 0 Å². The van der Waals surface area contributed by atoms with Gasteiger partial charge in [0.2, 0.25) is 5.91 Å². The molecule has 3 N–H and O–H groups in total. The molecular formula is C18H21F5N4O5. The summed E-state index contributed by atoms with van der Waals surface area (Å²) in [5.41, 5.74) is 4.95. The molecule has 1 aromatic rings. The maximum atomic E-state index is 12.9. The van der Waals surface area contributed by atoms with Crippen LogP contribution in [0.1, 0.15) is 6.92 Å². The molecule has 1 heterocycles. The summed E-state index contributed by atoms with van der Waals surface area (Å²) >= 11 is 0. The van der Waals surface area contributed by atoms with E-state index < -0.39 is 48.8 Å². The zero-order chi connectivity index (χ0) is 24.1. The van der Waals surface area contributed by atoms with E-state index in [-0.39, 0.29) is 37.7 Å². The van der Waals surface area contributed by atoms with E-state index in [1.165, 1.54) is 19.1 Å². The van der Waals surface area contributed by atoms with Crippen molar-refractivity contribution in [3.05, 3.63) is 18.2 Å². The van der Waals surface area contributed by atoms with Gasteiger partial charge in [-0.2, -0.15) is 22.0 Å². The van der Waals surface area contributed by atoms with Gasteiger partial charge in [-0.1, -0.05) is 6.92 Å². The second kappa shape index (κ2) is 10.5. The Bertz CT molecular complexity index is 852. The van der Waals surface area contributed by atoms with Crippen molar-refractivity contribution in [2.75, 3.05) is 43.1 Å². The van der Waals surface area contributed by atoms with Gasteiger partial charge in [0.1, 0.15) is 6.61 Å². The number of nitrogens with two attached hydrogens (primary N) is 1. The number of likely N-dealkylation sites (N-methyl/N-ethyl adjacent to an activating group) is 1. The molecule has 0 spiro atoms. The summed E-state index contributed by atoms with van der Waals surface area (Å²) in [7, 11) is 0. The molecule has 1 aliphatic rings. The van der Waals surface area contributed by atoms with Gasteiger partial charge in [0.15, 0.2) is 11.8 Å². The first-order valence-corrected chi connectivity index (χ1v) is 9.31. The lowest BCUT2D eigenvalue weighted by atomic mass is 10.1. The average molecular weight is 468 g/mol. The number of ether oxygens (including phenoxy) is 2. The summed E-state index contributed by atoms with van der Waals surface area (Å²) in [5.74, 6) is -3.49. The number of hydrogen-bond donors (Lipinski definition) is 2. The van der Waals surface area contributed by atoms with E-state index in [0.29, 0.717) is 4.90 Å². The first-order chi connectivity index (χ1) is 14.9. The number of amides is 3. The van der Waals surface area contributed by atoms with Crippen LogP contribution in [0.5, 0.6) is 5.75 Å². The number of alkyl halides is 5. The zero-order valence-electron chi connectivity index (χ0n) is 16.8. The summed E-state index contributed by atoms with van der Waals surface area (Å²) in [6.45, 7) is -3.89. The lowest BCUT2D eigenvalue weighted by molar-refractivity contribution is -0.156. The van der Waals surface area contributed by atoms with Gasteiger partial charge in [0.25, 0.3) is 11.8 Å². The number of anilines is 2. The molecule has 1 aliphatic heterocycles. The fraction of sp³-hybridized carbons (Fsp3) is 0.500. The molecule has 0 aromatic heterocycles. The number of nitrogens with one attached hydrogen (secondary N) is 1. The molecule has 1 aromatic carbocycles. The molecule has 32 heavy (non-hydrogen) atoms. The summed E-state index contributed by atoms with van der Waals surface area (Å²) < 4.78 is 73.5. The van der Waals surface area contributed by atoms with Gasteiger partial charge in [0.05, 0.1) is 18.8 Å². The van der Waals surface area contributed by atoms with Crippen molar-refractivity contribution in [1.82, 2.24) is 4.90 Å². The summed E-state index contributed by atoms with van der Waals surface area (Å²) in [5, 5.41) is 2.18. The molecule has 2 rings (SSSR count). The second-order valence-corrected chi connectivity index (χ2v) is 6.63. The Hall–Kier alpha value is -3.00. The molecule has 9 nitrogen and oxygen atoms in total. The third kappa shape index (κ3) is 6.75. The maximum absolute atomic E-state index is 12.9. The number of primary amides is 1. The highest BCUT2D eigenvalue weighted by molar-refractivity contribution is 6.09. The van der Waals surface area contributed by atoms with Crippen LogP contribution in [0, 0.1) is 0 Å². The summed E-state index contributed by atoms with van der Waals surface area (Å²) in [6.07, 6.45) is -4.70. The molecule has 1 fully saturated rings. The molecular weight excluding hydrogens is 447 g/mol. The molecule has 0 unspecified atom stereocenters. The van der Waals surface area contributed by atoms with E-state index in [0.717, 1.165) is 11.0 Å². The van der Waals surface area contributed by atoms with Crippen LogP contribution in [0.4, 0.5) is 33.3 Å². The van der Waals surface area contributed by atoms with Crippen molar-refractivity contribution >= 4 is 29.1 Å². The van der Waals surface area contributed by atoms with Crippen molar-refractivity contribution in [2.45, 2.75) is 25.8 Å². The largest absolute Gasteiger partial charge is 0.433 e. The average Bonchev–Trinajstić information content (AvgIpc) is 2.66. The van der Waals surface area contributed by atoms with Crippen LogP contribution >= 0.6 is 0 Å². The number of carbonyl (C=O) groups excluding carboxylic acids is 3. The van der Waals surface area contributed by atoms with E-state index >= 15 is 0 Å². The minimum absolute atomic E-state index is 0.0182. The standard InChI is InChI=1S/C18H21F5N4O5/c1-2-26(9-18(21,22)23)14(15(24)29)16(30)25-10-3-4-11(12(7-10)32-17(19)20)27-5-6-31-8-13(27)28/h3-4,7,14,17H,2,5-6,8-9H2,1H3,(H2,24,29)(H,25,30)/t14-/m1/s1. The van der Waals surface area contributed by atoms with Crippen LogP contribution in [0.2, 0.25) is 0 Å². The van der Waals surface area contributed by atoms with Crippen LogP contribution in [0.15, 0.2) is 18.2 Å². The van der Waals surface area contributed by atoms with E-state index in [1.807, 2.05) is 0 Å². The smallest absolute Gasteiger partial charge is 0.401 e. The van der Waals surface area contributed by atoms with Gasteiger partial charge < -0.3 is 25.4 Å². The fourth-order valence-electron chi connectivity index (χ4n) is 3.08. The van der Waals surface area contributed by atoms with Crippen molar-refractivity contribution < 1.29 is 45.8 Å². The molecule has 14 heteroatoms. The van der Waals surface area contributed by atoms with Crippen LogP contribution in [-0.4, -0.2) is 74.3 Å². The molecule has 0 bridgehead atoms. The van der Waals surface area contributed by atoms with Crippen molar-refractivity contribution in [3.63, 3.8) is 0 Å². The van der Waals surface area contributed by atoms with Gasteiger partial charge in [-0.3, -0.25) is 19.3 Å².